The SMILES string of the molecule is CCN(CC)S(=O)(=O)c1ccc2[nH]c(=O)cc(C(=O)Nc3ccc(CCN(C)C)cc3)c2c1. The van der Waals surface area contributed by atoms with Crippen molar-refractivity contribution < 1.29 is 13.2 Å². The van der Waals surface area contributed by atoms with Crippen LogP contribution in [0.2, 0.25) is 0 Å². The van der Waals surface area contributed by atoms with E-state index in [0.29, 0.717) is 29.7 Å². The Morgan fingerprint density at radius 1 is 1.00 bits per heavy atom. The molecule has 1 heterocycles. The maximum absolute atomic E-state index is 13.1. The average Bonchev–Trinajstić information content (AvgIpc) is 2.78. The first kappa shape index (κ1) is 24.6. The van der Waals surface area contributed by atoms with Crippen LogP contribution in [-0.4, -0.2) is 62.2 Å². The minimum Gasteiger partial charge on any atom is -0.322 e. The van der Waals surface area contributed by atoms with Crippen molar-refractivity contribution in [3.63, 3.8) is 0 Å². The second kappa shape index (κ2) is 10.3. The van der Waals surface area contributed by atoms with Gasteiger partial charge in [-0.1, -0.05) is 26.0 Å². The third kappa shape index (κ3) is 5.68. The van der Waals surface area contributed by atoms with Gasteiger partial charge in [-0.05, 0) is 56.4 Å². The zero-order valence-corrected chi connectivity index (χ0v) is 20.2. The fourth-order valence-corrected chi connectivity index (χ4v) is 5.08. The van der Waals surface area contributed by atoms with Gasteiger partial charge in [0.05, 0.1) is 10.5 Å². The van der Waals surface area contributed by atoms with Crippen molar-refractivity contribution in [3.05, 3.63) is 70.0 Å². The number of carbonyl (C=O) groups excluding carboxylic acids is 1. The number of amides is 1. The van der Waals surface area contributed by atoms with E-state index < -0.39 is 21.5 Å². The first-order chi connectivity index (χ1) is 15.6. The molecule has 0 aliphatic heterocycles. The molecule has 0 fully saturated rings. The first-order valence-electron chi connectivity index (χ1n) is 10.9. The number of carbonyl (C=O) groups is 1. The Morgan fingerprint density at radius 3 is 2.27 bits per heavy atom. The Balaban J connectivity index is 1.95. The monoisotopic (exact) mass is 470 g/mol. The lowest BCUT2D eigenvalue weighted by Crippen LogP contribution is -2.30. The number of rotatable bonds is 9. The maximum atomic E-state index is 13.1. The molecule has 2 aromatic carbocycles. The van der Waals surface area contributed by atoms with E-state index in [-0.39, 0.29) is 10.5 Å². The van der Waals surface area contributed by atoms with Gasteiger partial charge in [-0.25, -0.2) is 8.42 Å². The van der Waals surface area contributed by atoms with E-state index in [1.54, 1.807) is 13.8 Å². The number of nitrogens with one attached hydrogen (secondary N) is 2. The molecule has 0 saturated heterocycles. The Labute approximate surface area is 194 Å². The predicted octanol–water partition coefficient (Wildman–Crippen LogP) is 2.92. The number of fused-ring (bicyclic) bond motifs is 1. The van der Waals surface area contributed by atoms with Gasteiger partial charge in [0.25, 0.3) is 5.91 Å². The highest BCUT2D eigenvalue weighted by Crippen LogP contribution is 2.23. The Bertz CT molecular complexity index is 1290. The van der Waals surface area contributed by atoms with Gasteiger partial charge in [-0.2, -0.15) is 4.31 Å². The molecule has 3 rings (SSSR count). The van der Waals surface area contributed by atoms with E-state index in [4.69, 9.17) is 0 Å². The molecule has 1 aromatic heterocycles. The molecule has 1 amide bonds. The number of H-pyrrole nitrogens is 1. The fraction of sp³-hybridized carbons (Fsp3) is 0.333. The minimum atomic E-state index is -3.71. The lowest BCUT2D eigenvalue weighted by molar-refractivity contribution is 0.102. The minimum absolute atomic E-state index is 0.0741. The van der Waals surface area contributed by atoms with Gasteiger partial charge in [-0.15, -0.1) is 0 Å². The molecule has 0 bridgehead atoms. The molecule has 0 spiro atoms. The Kier molecular flexibility index (Phi) is 7.68. The van der Waals surface area contributed by atoms with Crippen LogP contribution in [0.25, 0.3) is 10.9 Å². The van der Waals surface area contributed by atoms with E-state index in [1.165, 1.54) is 28.6 Å². The van der Waals surface area contributed by atoms with Crippen LogP contribution in [0.1, 0.15) is 29.8 Å². The number of hydrogen-bond donors (Lipinski definition) is 2. The highest BCUT2D eigenvalue weighted by atomic mass is 32.2. The topological polar surface area (TPSA) is 103 Å². The summed E-state index contributed by atoms with van der Waals surface area (Å²) in [6, 6.07) is 13.1. The van der Waals surface area contributed by atoms with Gasteiger partial charge in [0, 0.05) is 42.3 Å². The third-order valence-corrected chi connectivity index (χ3v) is 7.51. The number of anilines is 1. The molecule has 0 aliphatic carbocycles. The Hall–Kier alpha value is -3.01. The quantitative estimate of drug-likeness (QED) is 0.501. The Morgan fingerprint density at radius 2 is 1.67 bits per heavy atom. The third-order valence-electron chi connectivity index (χ3n) is 5.46. The van der Waals surface area contributed by atoms with Crippen LogP contribution in [-0.2, 0) is 16.4 Å². The van der Waals surface area contributed by atoms with Gasteiger partial charge in [0.1, 0.15) is 0 Å². The standard InChI is InChI=1S/C24H30N4O4S/c1-5-28(6-2)33(31,32)19-11-12-22-20(15-19)21(16-23(29)26-22)24(30)25-18-9-7-17(8-10-18)13-14-27(3)4/h7-12,15-16H,5-6,13-14H2,1-4H3,(H,25,30)(H,26,29). The second-order valence-electron chi connectivity index (χ2n) is 8.05. The average molecular weight is 471 g/mol. The van der Waals surface area contributed by atoms with Crippen LogP contribution < -0.4 is 10.9 Å². The summed E-state index contributed by atoms with van der Waals surface area (Å²) >= 11 is 0. The molecule has 176 valence electrons. The molecule has 9 heteroatoms. The van der Waals surface area contributed by atoms with Gasteiger partial charge >= 0.3 is 0 Å². The molecule has 0 aliphatic rings. The van der Waals surface area contributed by atoms with Crippen molar-refractivity contribution in [1.29, 1.82) is 0 Å². The van der Waals surface area contributed by atoms with E-state index in [0.717, 1.165) is 18.5 Å². The summed E-state index contributed by atoms with van der Waals surface area (Å²) in [5.41, 5.74) is 1.81. The number of aromatic nitrogens is 1. The van der Waals surface area contributed by atoms with Crippen molar-refractivity contribution in [1.82, 2.24) is 14.2 Å². The van der Waals surface area contributed by atoms with Crippen LogP contribution in [0.5, 0.6) is 0 Å². The summed E-state index contributed by atoms with van der Waals surface area (Å²) in [6.45, 7) is 5.12. The molecule has 2 N–H and O–H groups in total. The number of nitrogens with zero attached hydrogens (tertiary/aromatic N) is 2. The van der Waals surface area contributed by atoms with Crippen LogP contribution >= 0.6 is 0 Å². The van der Waals surface area contributed by atoms with Crippen LogP contribution in [0.4, 0.5) is 5.69 Å². The smallest absolute Gasteiger partial charge is 0.256 e. The molecule has 33 heavy (non-hydrogen) atoms. The van der Waals surface area contributed by atoms with E-state index in [2.05, 4.69) is 15.2 Å². The van der Waals surface area contributed by atoms with Crippen molar-refractivity contribution >= 4 is 32.5 Å². The van der Waals surface area contributed by atoms with Crippen LogP contribution in [0, 0.1) is 0 Å². The number of pyridine rings is 1. The van der Waals surface area contributed by atoms with E-state index in [9.17, 15) is 18.0 Å². The lowest BCUT2D eigenvalue weighted by atomic mass is 10.1. The van der Waals surface area contributed by atoms with Crippen LogP contribution in [0.3, 0.4) is 0 Å². The highest BCUT2D eigenvalue weighted by Gasteiger charge is 2.23. The van der Waals surface area contributed by atoms with Gasteiger partial charge in [0.15, 0.2) is 0 Å². The van der Waals surface area contributed by atoms with Crippen molar-refractivity contribution in [3.8, 4) is 0 Å². The maximum Gasteiger partial charge on any atom is 0.256 e. The lowest BCUT2D eigenvalue weighted by Gasteiger charge is -2.19. The number of sulfonamides is 1. The summed E-state index contributed by atoms with van der Waals surface area (Å²) in [6.07, 6.45) is 0.893. The van der Waals surface area contributed by atoms with Gasteiger partial charge in [0.2, 0.25) is 15.6 Å². The summed E-state index contributed by atoms with van der Waals surface area (Å²) < 4.78 is 27.3. The molecule has 0 atom stereocenters. The largest absolute Gasteiger partial charge is 0.322 e. The van der Waals surface area contributed by atoms with Crippen molar-refractivity contribution in [2.75, 3.05) is 39.0 Å². The van der Waals surface area contributed by atoms with E-state index >= 15 is 0 Å². The highest BCUT2D eigenvalue weighted by molar-refractivity contribution is 7.89. The van der Waals surface area contributed by atoms with Gasteiger partial charge in [-0.3, -0.25) is 9.59 Å². The van der Waals surface area contributed by atoms with Crippen LogP contribution in [0.15, 0.2) is 58.2 Å². The molecule has 0 saturated carbocycles. The predicted molar refractivity (Wildman–Crippen MR) is 131 cm³/mol. The van der Waals surface area contributed by atoms with Crippen molar-refractivity contribution in [2.24, 2.45) is 0 Å². The molecule has 0 unspecified atom stereocenters. The summed E-state index contributed by atoms with van der Waals surface area (Å²) in [7, 11) is 0.312. The number of aromatic amines is 1. The number of hydrogen-bond acceptors (Lipinski definition) is 5. The first-order valence-corrected chi connectivity index (χ1v) is 12.3. The number of benzene rings is 2. The number of likely N-dealkylation sites (N-methyl/N-ethyl adjacent to an activating group) is 1. The van der Waals surface area contributed by atoms with E-state index in [1.807, 2.05) is 38.4 Å². The summed E-state index contributed by atoms with van der Waals surface area (Å²) in [5, 5.41) is 3.17. The van der Waals surface area contributed by atoms with Gasteiger partial charge < -0.3 is 15.2 Å². The fourth-order valence-electron chi connectivity index (χ4n) is 3.60. The molecule has 3 aromatic rings. The molecule has 8 nitrogen and oxygen atoms in total. The summed E-state index contributed by atoms with van der Waals surface area (Å²) in [5.74, 6) is -0.482. The molecular weight excluding hydrogens is 440 g/mol. The molecule has 0 radical (unpaired) electrons. The second-order valence-corrected chi connectivity index (χ2v) is 9.99. The normalized spacial score (nSPS) is 11.9. The zero-order chi connectivity index (χ0) is 24.2. The van der Waals surface area contributed by atoms with Crippen molar-refractivity contribution in [2.45, 2.75) is 25.2 Å². The summed E-state index contributed by atoms with van der Waals surface area (Å²) in [4.78, 5) is 30.0. The molecular formula is C24H30N4O4S. The zero-order valence-electron chi connectivity index (χ0n) is 19.4.